The number of fused-ring (bicyclic) bond motifs is 5. The van der Waals surface area contributed by atoms with Crippen LogP contribution in [-0.2, 0) is 4.79 Å². The van der Waals surface area contributed by atoms with E-state index in [1.165, 1.54) is 25.7 Å². The van der Waals surface area contributed by atoms with Gasteiger partial charge in [-0.05, 0) is 86.7 Å². The summed E-state index contributed by atoms with van der Waals surface area (Å²) in [4.78, 5) is 12.8. The standard InChI is InChI=1S/C21H28O/c1-4-21-10-9-17-16-7-5-13(2)11-15(16)6-8-18(17)19(21)12-14(3)20(21)22/h6,11,16-19H,3-5,7-10,12H2,1-2H3/t16?,17?,18-,19?,21+/m1/s1. The lowest BCUT2D eigenvalue weighted by molar-refractivity contribution is -0.130. The molecule has 4 aliphatic rings. The highest BCUT2D eigenvalue weighted by atomic mass is 16.1. The highest BCUT2D eigenvalue weighted by molar-refractivity contribution is 6.02. The van der Waals surface area contributed by atoms with Gasteiger partial charge in [-0.2, -0.15) is 0 Å². The molecule has 0 aliphatic heterocycles. The Balaban J connectivity index is 1.70. The van der Waals surface area contributed by atoms with Crippen molar-refractivity contribution in [2.45, 2.75) is 58.8 Å². The van der Waals surface area contributed by atoms with Crippen molar-refractivity contribution < 1.29 is 4.79 Å². The average Bonchev–Trinajstić information content (AvgIpc) is 2.79. The molecule has 0 radical (unpaired) electrons. The zero-order valence-corrected chi connectivity index (χ0v) is 14.0. The lowest BCUT2D eigenvalue weighted by Crippen LogP contribution is -2.46. The van der Waals surface area contributed by atoms with Gasteiger partial charge in [-0.3, -0.25) is 4.79 Å². The van der Waals surface area contributed by atoms with Crippen LogP contribution in [0.4, 0.5) is 0 Å². The highest BCUT2D eigenvalue weighted by Crippen LogP contribution is 2.61. The summed E-state index contributed by atoms with van der Waals surface area (Å²) in [5.74, 6) is 3.28. The first-order valence-electron chi connectivity index (χ1n) is 9.16. The topological polar surface area (TPSA) is 17.1 Å². The third-order valence-corrected chi connectivity index (χ3v) is 7.40. The maximum absolute atomic E-state index is 12.8. The largest absolute Gasteiger partial charge is 0.294 e. The third kappa shape index (κ3) is 1.80. The van der Waals surface area contributed by atoms with E-state index >= 15 is 0 Å². The molecular formula is C21H28O. The van der Waals surface area contributed by atoms with Crippen LogP contribution in [0.25, 0.3) is 0 Å². The molecule has 0 aromatic rings. The predicted molar refractivity (Wildman–Crippen MR) is 90.4 cm³/mol. The molecule has 3 unspecified atom stereocenters. The summed E-state index contributed by atoms with van der Waals surface area (Å²) in [5, 5.41) is 0. The Hall–Kier alpha value is -1.11. The number of hydrogen-bond acceptors (Lipinski definition) is 1. The molecule has 0 heterocycles. The molecule has 4 aliphatic carbocycles. The first-order chi connectivity index (χ1) is 10.6. The minimum atomic E-state index is -0.0516. The van der Waals surface area contributed by atoms with E-state index in [4.69, 9.17) is 0 Å². The number of Topliss-reactive ketones (excluding diaryl/α,β-unsaturated/α-hetero) is 1. The number of hydrogen-bond donors (Lipinski definition) is 0. The number of ketones is 1. The van der Waals surface area contributed by atoms with Gasteiger partial charge in [0.1, 0.15) is 0 Å². The van der Waals surface area contributed by atoms with E-state index in [9.17, 15) is 4.79 Å². The third-order valence-electron chi connectivity index (χ3n) is 7.40. The smallest absolute Gasteiger partial charge is 0.164 e. The second kappa shape index (κ2) is 4.94. The Kier molecular flexibility index (Phi) is 3.25. The lowest BCUT2D eigenvalue weighted by atomic mass is 9.52. The minimum Gasteiger partial charge on any atom is -0.294 e. The summed E-state index contributed by atoms with van der Waals surface area (Å²) in [6.45, 7) is 8.60. The molecule has 5 atom stereocenters. The van der Waals surface area contributed by atoms with Gasteiger partial charge in [0.15, 0.2) is 5.78 Å². The van der Waals surface area contributed by atoms with Crippen LogP contribution in [0, 0.1) is 29.1 Å². The van der Waals surface area contributed by atoms with Crippen LogP contribution in [0.3, 0.4) is 0 Å². The van der Waals surface area contributed by atoms with E-state index in [2.05, 4.69) is 32.6 Å². The van der Waals surface area contributed by atoms with Crippen molar-refractivity contribution in [2.24, 2.45) is 29.1 Å². The molecule has 2 fully saturated rings. The van der Waals surface area contributed by atoms with Crippen molar-refractivity contribution in [3.8, 4) is 0 Å². The Morgan fingerprint density at radius 1 is 1.32 bits per heavy atom. The van der Waals surface area contributed by atoms with Crippen molar-refractivity contribution in [2.75, 3.05) is 0 Å². The van der Waals surface area contributed by atoms with Crippen LogP contribution < -0.4 is 0 Å². The molecule has 0 bridgehead atoms. The van der Waals surface area contributed by atoms with Gasteiger partial charge >= 0.3 is 0 Å². The van der Waals surface area contributed by atoms with Gasteiger partial charge in [0, 0.05) is 5.41 Å². The zero-order chi connectivity index (χ0) is 15.5. The van der Waals surface area contributed by atoms with Crippen LogP contribution >= 0.6 is 0 Å². The first-order valence-corrected chi connectivity index (χ1v) is 9.16. The van der Waals surface area contributed by atoms with Crippen molar-refractivity contribution in [3.05, 3.63) is 35.5 Å². The molecule has 0 spiro atoms. The molecule has 0 aromatic carbocycles. The number of carbonyl (C=O) groups is 1. The lowest BCUT2D eigenvalue weighted by Gasteiger charge is -2.51. The molecule has 0 aromatic heterocycles. The van der Waals surface area contributed by atoms with E-state index in [1.54, 1.807) is 11.1 Å². The fourth-order valence-electron chi connectivity index (χ4n) is 6.27. The van der Waals surface area contributed by atoms with E-state index in [1.807, 2.05) is 0 Å². The molecule has 0 N–H and O–H groups in total. The number of allylic oxidation sites excluding steroid dienone is 5. The SMILES string of the molecule is C=C1CC2[C@@H]3CC=C4C=C(C)CCC4C3CC[C@]2(CC)C1=O. The Morgan fingerprint density at radius 3 is 2.91 bits per heavy atom. The summed E-state index contributed by atoms with van der Waals surface area (Å²) >= 11 is 0. The Morgan fingerprint density at radius 2 is 2.14 bits per heavy atom. The molecule has 2 saturated carbocycles. The van der Waals surface area contributed by atoms with Gasteiger partial charge in [0.2, 0.25) is 0 Å². The summed E-state index contributed by atoms with van der Waals surface area (Å²) in [5.41, 5.74) is 4.02. The fraction of sp³-hybridized carbons (Fsp3) is 0.667. The van der Waals surface area contributed by atoms with E-state index in [-0.39, 0.29) is 5.41 Å². The zero-order valence-electron chi connectivity index (χ0n) is 14.0. The molecule has 0 saturated heterocycles. The van der Waals surface area contributed by atoms with Crippen LogP contribution in [-0.4, -0.2) is 5.78 Å². The van der Waals surface area contributed by atoms with Gasteiger partial charge in [0.25, 0.3) is 0 Å². The number of carbonyl (C=O) groups excluding carboxylic acids is 1. The number of rotatable bonds is 1. The van der Waals surface area contributed by atoms with Gasteiger partial charge in [0.05, 0.1) is 0 Å². The van der Waals surface area contributed by atoms with Gasteiger partial charge in [-0.1, -0.05) is 31.2 Å². The van der Waals surface area contributed by atoms with Gasteiger partial charge < -0.3 is 0 Å². The van der Waals surface area contributed by atoms with E-state index in [0.29, 0.717) is 11.7 Å². The summed E-state index contributed by atoms with van der Waals surface area (Å²) in [7, 11) is 0. The summed E-state index contributed by atoms with van der Waals surface area (Å²) in [6.07, 6.45) is 13.1. The van der Waals surface area contributed by atoms with Gasteiger partial charge in [-0.15, -0.1) is 0 Å². The molecule has 1 heteroatoms. The van der Waals surface area contributed by atoms with Gasteiger partial charge in [-0.25, -0.2) is 0 Å². The van der Waals surface area contributed by atoms with Crippen LogP contribution in [0.1, 0.15) is 58.8 Å². The second-order valence-corrected chi connectivity index (χ2v) is 8.20. The summed E-state index contributed by atoms with van der Waals surface area (Å²) < 4.78 is 0. The molecule has 118 valence electrons. The van der Waals surface area contributed by atoms with E-state index in [0.717, 1.165) is 42.6 Å². The van der Waals surface area contributed by atoms with Crippen LogP contribution in [0.2, 0.25) is 0 Å². The predicted octanol–water partition coefficient (Wildman–Crippen LogP) is 5.24. The van der Waals surface area contributed by atoms with Crippen LogP contribution in [0.5, 0.6) is 0 Å². The minimum absolute atomic E-state index is 0.0516. The first kappa shape index (κ1) is 14.5. The van der Waals surface area contributed by atoms with Crippen molar-refractivity contribution in [1.82, 2.24) is 0 Å². The highest BCUT2D eigenvalue weighted by Gasteiger charge is 2.58. The molecule has 4 rings (SSSR count). The molecule has 22 heavy (non-hydrogen) atoms. The molecule has 0 amide bonds. The Labute approximate surface area is 134 Å². The fourth-order valence-corrected chi connectivity index (χ4v) is 6.27. The maximum Gasteiger partial charge on any atom is 0.164 e. The quantitative estimate of drug-likeness (QED) is 0.605. The monoisotopic (exact) mass is 296 g/mol. The van der Waals surface area contributed by atoms with Crippen molar-refractivity contribution in [3.63, 3.8) is 0 Å². The van der Waals surface area contributed by atoms with E-state index < -0.39 is 0 Å². The average molecular weight is 296 g/mol. The molecular weight excluding hydrogens is 268 g/mol. The van der Waals surface area contributed by atoms with Crippen molar-refractivity contribution in [1.29, 1.82) is 0 Å². The molecule has 1 nitrogen and oxygen atoms in total. The summed E-state index contributed by atoms with van der Waals surface area (Å²) in [6, 6.07) is 0. The normalized spacial score (nSPS) is 43.9. The second-order valence-electron chi connectivity index (χ2n) is 8.20. The van der Waals surface area contributed by atoms with Crippen LogP contribution in [0.15, 0.2) is 35.5 Å². The maximum atomic E-state index is 12.8. The Bertz CT molecular complexity index is 593. The van der Waals surface area contributed by atoms with Crippen molar-refractivity contribution >= 4 is 5.78 Å².